The molecular weight excluding hydrogens is 484 g/mol. The lowest BCUT2D eigenvalue weighted by molar-refractivity contribution is 0.0194. The molecule has 9 nitrogen and oxygen atoms in total. The van der Waals surface area contributed by atoms with E-state index in [1.54, 1.807) is 21.3 Å². The van der Waals surface area contributed by atoms with Crippen molar-refractivity contribution < 1.29 is 32.2 Å². The summed E-state index contributed by atoms with van der Waals surface area (Å²) < 4.78 is 27.2. The predicted molar refractivity (Wildman–Crippen MR) is 149 cm³/mol. The highest BCUT2D eigenvalue weighted by Crippen LogP contribution is 2.49. The zero-order chi connectivity index (χ0) is 26.9. The van der Waals surface area contributed by atoms with Crippen LogP contribution in [0.3, 0.4) is 0 Å². The minimum Gasteiger partial charge on any atom is -0.389 e. The average Bonchev–Trinajstić information content (AvgIpc) is 2.89. The Bertz CT molecular complexity index is 454. The van der Waals surface area contributed by atoms with Crippen LogP contribution in [-0.4, -0.2) is 102 Å². The van der Waals surface area contributed by atoms with Gasteiger partial charge >= 0.3 is 0 Å². The Kier molecular flexibility index (Phi) is 25.3. The molecule has 0 bridgehead atoms. The van der Waals surface area contributed by atoms with Crippen LogP contribution in [0.4, 0.5) is 0 Å². The molecule has 0 aromatic heterocycles. The molecule has 0 saturated heterocycles. The van der Waals surface area contributed by atoms with Gasteiger partial charge in [0.2, 0.25) is 0 Å². The van der Waals surface area contributed by atoms with E-state index in [4.69, 9.17) is 22.0 Å². The number of aliphatic hydroxyl groups excluding tert-OH is 2. The molecule has 0 aromatic carbocycles. The molecule has 10 heteroatoms. The minimum atomic E-state index is -1.93. The Morgan fingerprint density at radius 3 is 1.75 bits per heavy atom. The van der Waals surface area contributed by atoms with E-state index >= 15 is 0 Å². The standard InChI is InChI=1S/C26H58N2O7S/c1-6-8-14-24(7-2)21-35-23-26(30)20-28-16-12-10-9-11-15-27-19-25(29)22-34-17-13-18-36(31-3,32-4)33-5/h24-30H,6-23H2,1-5H3. The zero-order valence-electron chi connectivity index (χ0n) is 23.8. The van der Waals surface area contributed by atoms with Gasteiger partial charge in [0.1, 0.15) is 0 Å². The maximum absolute atomic E-state index is 10.1. The Morgan fingerprint density at radius 2 is 1.25 bits per heavy atom. The fourth-order valence-corrected chi connectivity index (χ4v) is 5.17. The lowest BCUT2D eigenvalue weighted by atomic mass is 10.0. The monoisotopic (exact) mass is 542 g/mol. The number of aliphatic hydroxyl groups is 2. The second-order valence-corrected chi connectivity index (χ2v) is 11.8. The van der Waals surface area contributed by atoms with Gasteiger partial charge in [-0.15, -0.1) is 0 Å². The summed E-state index contributed by atoms with van der Waals surface area (Å²) in [5, 5.41) is 26.7. The molecule has 3 unspecified atom stereocenters. The van der Waals surface area contributed by atoms with Crippen molar-refractivity contribution in [1.29, 1.82) is 0 Å². The summed E-state index contributed by atoms with van der Waals surface area (Å²) in [6.07, 6.45) is 9.09. The van der Waals surface area contributed by atoms with Crippen molar-refractivity contribution >= 4 is 10.9 Å². The third-order valence-corrected chi connectivity index (χ3v) is 8.49. The summed E-state index contributed by atoms with van der Waals surface area (Å²) in [5.41, 5.74) is 0. The molecule has 0 rings (SSSR count). The van der Waals surface area contributed by atoms with Gasteiger partial charge in [-0.1, -0.05) is 46.0 Å². The summed E-state index contributed by atoms with van der Waals surface area (Å²) >= 11 is 0. The molecule has 0 aliphatic rings. The quantitative estimate of drug-likeness (QED) is 0.110. The first-order chi connectivity index (χ1) is 17.5. The van der Waals surface area contributed by atoms with Gasteiger partial charge in [0.25, 0.3) is 0 Å². The van der Waals surface area contributed by atoms with Crippen molar-refractivity contribution in [3.63, 3.8) is 0 Å². The Balaban J connectivity index is 3.48. The summed E-state index contributed by atoms with van der Waals surface area (Å²) in [7, 11) is 2.81. The van der Waals surface area contributed by atoms with Gasteiger partial charge in [-0.05, 0) is 44.7 Å². The fraction of sp³-hybridized carbons (Fsp3) is 1.00. The van der Waals surface area contributed by atoms with Gasteiger partial charge in [-0.25, -0.2) is 0 Å². The van der Waals surface area contributed by atoms with Crippen LogP contribution in [0.25, 0.3) is 0 Å². The minimum absolute atomic E-state index is 0.308. The fourth-order valence-electron chi connectivity index (χ4n) is 3.79. The topological polar surface area (TPSA) is 111 Å². The Morgan fingerprint density at radius 1 is 0.694 bits per heavy atom. The number of nitrogens with one attached hydrogen (secondary N) is 2. The molecule has 0 aliphatic heterocycles. The second kappa shape index (κ2) is 25.3. The maximum Gasteiger partial charge on any atom is 0.0897 e. The van der Waals surface area contributed by atoms with Gasteiger partial charge in [-0.3, -0.25) is 12.5 Å². The molecule has 0 spiro atoms. The smallest absolute Gasteiger partial charge is 0.0897 e. The number of ether oxygens (including phenoxy) is 2. The van der Waals surface area contributed by atoms with Crippen molar-refractivity contribution in [3.8, 4) is 0 Å². The number of rotatable bonds is 28. The molecule has 0 saturated carbocycles. The van der Waals surface area contributed by atoms with Crippen molar-refractivity contribution in [1.82, 2.24) is 10.6 Å². The third-order valence-electron chi connectivity index (χ3n) is 6.18. The van der Waals surface area contributed by atoms with E-state index in [9.17, 15) is 10.2 Å². The van der Waals surface area contributed by atoms with Crippen LogP contribution in [0.2, 0.25) is 0 Å². The van der Waals surface area contributed by atoms with Crippen molar-refractivity contribution in [2.45, 2.75) is 83.8 Å². The molecule has 0 aliphatic carbocycles. The van der Waals surface area contributed by atoms with Crippen LogP contribution in [0, 0.1) is 5.92 Å². The normalized spacial score (nSPS) is 15.2. The SMILES string of the molecule is CCCCC(CC)COCC(O)CNCCCCCCNCC(O)COCCCS(OC)(OC)OC. The molecular formula is C26H58N2O7S. The van der Waals surface area contributed by atoms with Crippen molar-refractivity contribution in [2.75, 3.05) is 79.7 Å². The molecule has 3 atom stereocenters. The summed E-state index contributed by atoms with van der Waals surface area (Å²) in [4.78, 5) is 0. The van der Waals surface area contributed by atoms with E-state index in [2.05, 4.69) is 24.5 Å². The van der Waals surface area contributed by atoms with Crippen molar-refractivity contribution in [3.05, 3.63) is 0 Å². The zero-order valence-corrected chi connectivity index (χ0v) is 24.6. The van der Waals surface area contributed by atoms with E-state index in [1.165, 1.54) is 19.3 Å². The molecule has 4 N–H and O–H groups in total. The number of hydrogen-bond donors (Lipinski definition) is 4. The van der Waals surface area contributed by atoms with Gasteiger partial charge in [0.05, 0.1) is 57.6 Å². The van der Waals surface area contributed by atoms with E-state index in [1.807, 2.05) is 0 Å². The van der Waals surface area contributed by atoms with E-state index in [0.29, 0.717) is 44.6 Å². The molecule has 36 heavy (non-hydrogen) atoms. The predicted octanol–water partition coefficient (Wildman–Crippen LogP) is 3.58. The summed E-state index contributed by atoms with van der Waals surface area (Å²) in [5.74, 6) is 1.25. The van der Waals surface area contributed by atoms with E-state index in [-0.39, 0.29) is 0 Å². The van der Waals surface area contributed by atoms with Crippen molar-refractivity contribution in [2.24, 2.45) is 5.92 Å². The molecule has 0 radical (unpaired) electrons. The van der Waals surface area contributed by atoms with E-state index < -0.39 is 23.1 Å². The van der Waals surface area contributed by atoms with Gasteiger partial charge < -0.3 is 30.3 Å². The lowest BCUT2D eigenvalue weighted by Gasteiger charge is -2.33. The maximum atomic E-state index is 10.1. The summed E-state index contributed by atoms with van der Waals surface area (Å²) in [6.45, 7) is 9.34. The highest BCUT2D eigenvalue weighted by Gasteiger charge is 2.22. The lowest BCUT2D eigenvalue weighted by Crippen LogP contribution is -2.31. The molecule has 0 aromatic rings. The second-order valence-electron chi connectivity index (χ2n) is 9.27. The first-order valence-corrected chi connectivity index (χ1v) is 15.4. The highest BCUT2D eigenvalue weighted by molar-refractivity contribution is 8.21. The van der Waals surface area contributed by atoms with E-state index in [0.717, 1.165) is 58.2 Å². The van der Waals surface area contributed by atoms with Gasteiger partial charge in [-0.2, -0.15) is 0 Å². The van der Waals surface area contributed by atoms with Crippen LogP contribution in [-0.2, 0) is 22.0 Å². The summed E-state index contributed by atoms with van der Waals surface area (Å²) in [6, 6.07) is 0. The first-order valence-electron chi connectivity index (χ1n) is 13.9. The first kappa shape index (κ1) is 36.0. The highest BCUT2D eigenvalue weighted by atomic mass is 32.3. The van der Waals surface area contributed by atoms with Crippen LogP contribution in [0.15, 0.2) is 0 Å². The van der Waals surface area contributed by atoms with Crippen LogP contribution in [0.5, 0.6) is 0 Å². The average molecular weight is 543 g/mol. The molecule has 0 fully saturated rings. The van der Waals surface area contributed by atoms with Crippen LogP contribution < -0.4 is 10.6 Å². The Hall–Kier alpha value is -0.0100. The van der Waals surface area contributed by atoms with Gasteiger partial charge in [0.15, 0.2) is 0 Å². The largest absolute Gasteiger partial charge is 0.389 e. The third kappa shape index (κ3) is 20.0. The molecule has 0 heterocycles. The van der Waals surface area contributed by atoms with Gasteiger partial charge in [0, 0.05) is 32.1 Å². The Labute approximate surface area is 223 Å². The number of hydrogen-bond acceptors (Lipinski definition) is 9. The van der Waals surface area contributed by atoms with Crippen LogP contribution >= 0.6 is 10.9 Å². The number of unbranched alkanes of at least 4 members (excludes halogenated alkanes) is 4. The molecule has 220 valence electrons. The molecule has 0 amide bonds. The van der Waals surface area contributed by atoms with Crippen LogP contribution in [0.1, 0.15) is 71.6 Å².